The molecular formula is C18H18N6O3S. The Morgan fingerprint density at radius 2 is 1.93 bits per heavy atom. The summed E-state index contributed by atoms with van der Waals surface area (Å²) in [6.07, 6.45) is 2.95. The molecule has 0 aliphatic carbocycles. The van der Waals surface area contributed by atoms with Crippen LogP contribution in [-0.4, -0.2) is 45.3 Å². The summed E-state index contributed by atoms with van der Waals surface area (Å²) in [6.45, 7) is 5.06. The molecule has 144 valence electrons. The van der Waals surface area contributed by atoms with Gasteiger partial charge in [-0.3, -0.25) is 24.4 Å². The summed E-state index contributed by atoms with van der Waals surface area (Å²) in [5, 5.41) is 2.52. The number of aromatic nitrogens is 2. The van der Waals surface area contributed by atoms with E-state index in [1.807, 2.05) is 6.07 Å². The second kappa shape index (κ2) is 9.97. The van der Waals surface area contributed by atoms with Gasteiger partial charge >= 0.3 is 0 Å². The molecule has 1 aromatic carbocycles. The van der Waals surface area contributed by atoms with Crippen LogP contribution in [0.25, 0.3) is 5.70 Å². The molecule has 0 bridgehead atoms. The largest absolute Gasteiger partial charge is 0.363 e. The molecule has 0 spiro atoms. The summed E-state index contributed by atoms with van der Waals surface area (Å²) in [4.78, 5) is 44.1. The number of amides is 2. The van der Waals surface area contributed by atoms with Crippen LogP contribution in [0.15, 0.2) is 46.5 Å². The highest BCUT2D eigenvalue weighted by Crippen LogP contribution is 2.19. The molecule has 0 radical (unpaired) electrons. The highest BCUT2D eigenvalue weighted by atomic mass is 32.1. The number of nitrogens with one attached hydrogen (secondary N) is 1. The Balaban J connectivity index is 2.30. The molecule has 0 saturated heterocycles. The van der Waals surface area contributed by atoms with Crippen molar-refractivity contribution in [3.8, 4) is 0 Å². The predicted molar refractivity (Wildman–Crippen MR) is 107 cm³/mol. The number of hydrogen-bond donors (Lipinski definition) is 2. The topological polar surface area (TPSA) is 140 Å². The highest BCUT2D eigenvalue weighted by Gasteiger charge is 2.28. The van der Waals surface area contributed by atoms with Crippen LogP contribution in [0, 0.1) is 0 Å². The van der Waals surface area contributed by atoms with E-state index in [2.05, 4.69) is 30.8 Å². The lowest BCUT2D eigenvalue weighted by atomic mass is 10.0. The third-order valence-electron chi connectivity index (χ3n) is 3.58. The number of ketones is 1. The van der Waals surface area contributed by atoms with Gasteiger partial charge in [0.1, 0.15) is 17.4 Å². The highest BCUT2D eigenvalue weighted by molar-refractivity contribution is 6.99. The molecule has 28 heavy (non-hydrogen) atoms. The van der Waals surface area contributed by atoms with Gasteiger partial charge in [-0.1, -0.05) is 30.3 Å². The van der Waals surface area contributed by atoms with Crippen LogP contribution in [0.5, 0.6) is 0 Å². The molecular weight excluding hydrogens is 380 g/mol. The number of carbonyl (C=O) groups is 3. The Labute approximate surface area is 165 Å². The maximum atomic E-state index is 12.7. The average molecular weight is 398 g/mol. The fraction of sp³-hybridized carbons (Fsp3) is 0.167. The summed E-state index contributed by atoms with van der Waals surface area (Å²) in [7, 11) is 0. The van der Waals surface area contributed by atoms with Gasteiger partial charge < -0.3 is 11.1 Å². The standard InChI is InChI=1S/C18H18N6O3S/c1-3-21-13(10-20-2)14-15(24-28-23-14)18(27)22-12(16(25)17(19)26)9-11-7-5-4-6-8-11/h3-8,10,12H,2,9H2,1H3,(H2,19,26)(H,22,27)/b13-10-,21-3?. The van der Waals surface area contributed by atoms with E-state index in [9.17, 15) is 14.4 Å². The minimum Gasteiger partial charge on any atom is -0.363 e. The Kier molecular flexibility index (Phi) is 7.40. The summed E-state index contributed by atoms with van der Waals surface area (Å²) in [6, 6.07) is 7.80. The van der Waals surface area contributed by atoms with E-state index in [4.69, 9.17) is 5.73 Å². The van der Waals surface area contributed by atoms with Crippen molar-refractivity contribution >= 4 is 48.0 Å². The predicted octanol–water partition coefficient (Wildman–Crippen LogP) is 1.02. The zero-order valence-electron chi connectivity index (χ0n) is 15.0. The maximum Gasteiger partial charge on any atom is 0.287 e. The first-order chi connectivity index (χ1) is 13.5. The van der Waals surface area contributed by atoms with Gasteiger partial charge in [0.25, 0.3) is 11.8 Å². The number of primary amides is 1. The lowest BCUT2D eigenvalue weighted by molar-refractivity contribution is -0.137. The minimum absolute atomic E-state index is 0.0409. The van der Waals surface area contributed by atoms with E-state index in [0.717, 1.165) is 17.3 Å². The van der Waals surface area contributed by atoms with Crippen molar-refractivity contribution in [2.75, 3.05) is 0 Å². The molecule has 0 aliphatic rings. The van der Waals surface area contributed by atoms with E-state index in [1.165, 1.54) is 12.4 Å². The fourth-order valence-electron chi connectivity index (χ4n) is 2.34. The first-order valence-electron chi connectivity index (χ1n) is 8.14. The van der Waals surface area contributed by atoms with E-state index in [1.54, 1.807) is 31.2 Å². The van der Waals surface area contributed by atoms with Crippen LogP contribution in [-0.2, 0) is 16.0 Å². The smallest absolute Gasteiger partial charge is 0.287 e. The Morgan fingerprint density at radius 1 is 1.25 bits per heavy atom. The second-order valence-electron chi connectivity index (χ2n) is 5.49. The van der Waals surface area contributed by atoms with Crippen LogP contribution in [0.2, 0.25) is 0 Å². The third-order valence-corrected chi connectivity index (χ3v) is 4.10. The number of Topliss-reactive ketones (excluding diaryl/α,β-unsaturated/α-hetero) is 1. The molecule has 0 saturated carbocycles. The van der Waals surface area contributed by atoms with Gasteiger partial charge in [0.15, 0.2) is 5.69 Å². The molecule has 2 aromatic rings. The summed E-state index contributed by atoms with van der Waals surface area (Å²) < 4.78 is 8.05. The molecule has 10 heteroatoms. The molecule has 3 N–H and O–H groups in total. The zero-order chi connectivity index (χ0) is 20.5. The third kappa shape index (κ3) is 5.24. The SMILES string of the molecule is C=N/C=C(\N=CC)c1nsnc1C(=O)NC(Cc1ccccc1)C(=O)C(N)=O. The van der Waals surface area contributed by atoms with Crippen molar-refractivity contribution in [1.82, 2.24) is 14.1 Å². The van der Waals surface area contributed by atoms with Gasteiger partial charge in [0, 0.05) is 12.6 Å². The van der Waals surface area contributed by atoms with E-state index >= 15 is 0 Å². The van der Waals surface area contributed by atoms with Gasteiger partial charge in [-0.15, -0.1) is 0 Å². The van der Waals surface area contributed by atoms with Gasteiger partial charge in [0.05, 0.1) is 17.9 Å². The summed E-state index contributed by atoms with van der Waals surface area (Å²) >= 11 is 0.806. The van der Waals surface area contributed by atoms with E-state index in [0.29, 0.717) is 0 Å². The number of carbonyl (C=O) groups excluding carboxylic acids is 3. The Morgan fingerprint density at radius 3 is 2.54 bits per heavy atom. The Bertz CT molecular complexity index is 936. The zero-order valence-corrected chi connectivity index (χ0v) is 15.8. The van der Waals surface area contributed by atoms with Crippen LogP contribution in [0.4, 0.5) is 0 Å². The summed E-state index contributed by atoms with van der Waals surface area (Å²) in [5.74, 6) is -2.72. The van der Waals surface area contributed by atoms with Crippen molar-refractivity contribution in [2.45, 2.75) is 19.4 Å². The quantitative estimate of drug-likeness (QED) is 0.479. The molecule has 9 nitrogen and oxygen atoms in total. The van der Waals surface area contributed by atoms with Crippen LogP contribution < -0.4 is 11.1 Å². The second-order valence-corrected chi connectivity index (χ2v) is 6.02. The van der Waals surface area contributed by atoms with Crippen LogP contribution >= 0.6 is 11.7 Å². The minimum atomic E-state index is -1.14. The molecule has 1 unspecified atom stereocenters. The lowest BCUT2D eigenvalue weighted by Crippen LogP contribution is -2.47. The van der Waals surface area contributed by atoms with Crippen molar-refractivity contribution in [2.24, 2.45) is 15.7 Å². The molecule has 1 heterocycles. The van der Waals surface area contributed by atoms with Crippen molar-refractivity contribution < 1.29 is 14.4 Å². The number of aliphatic imine (C=N–C) groups is 2. The monoisotopic (exact) mass is 398 g/mol. The number of benzene rings is 1. The summed E-state index contributed by atoms with van der Waals surface area (Å²) in [5.41, 5.74) is 6.33. The number of nitrogens with zero attached hydrogens (tertiary/aromatic N) is 4. The van der Waals surface area contributed by atoms with Crippen LogP contribution in [0.3, 0.4) is 0 Å². The molecule has 1 aromatic heterocycles. The molecule has 2 amide bonds. The first-order valence-corrected chi connectivity index (χ1v) is 8.87. The Hall–Kier alpha value is -3.53. The van der Waals surface area contributed by atoms with E-state index in [-0.39, 0.29) is 23.5 Å². The fourth-order valence-corrected chi connectivity index (χ4v) is 2.90. The normalized spacial score (nSPS) is 12.5. The molecule has 0 aliphatic heterocycles. The van der Waals surface area contributed by atoms with Gasteiger partial charge in [-0.25, -0.2) is 0 Å². The van der Waals surface area contributed by atoms with Crippen LogP contribution in [0.1, 0.15) is 28.7 Å². The van der Waals surface area contributed by atoms with Gasteiger partial charge in [-0.05, 0) is 19.2 Å². The van der Waals surface area contributed by atoms with Crippen molar-refractivity contribution in [3.63, 3.8) is 0 Å². The first kappa shape index (κ1) is 20.8. The lowest BCUT2D eigenvalue weighted by Gasteiger charge is -2.16. The average Bonchev–Trinajstić information content (AvgIpc) is 3.17. The number of rotatable bonds is 9. The van der Waals surface area contributed by atoms with E-state index < -0.39 is 23.6 Å². The number of nitrogens with two attached hydrogens (primary N) is 1. The van der Waals surface area contributed by atoms with Gasteiger partial charge in [-0.2, -0.15) is 8.75 Å². The van der Waals surface area contributed by atoms with Crippen molar-refractivity contribution in [3.05, 3.63) is 53.5 Å². The molecule has 0 fully saturated rings. The van der Waals surface area contributed by atoms with Crippen molar-refractivity contribution in [1.29, 1.82) is 0 Å². The molecule has 2 rings (SSSR count). The maximum absolute atomic E-state index is 12.7. The number of hydrogen-bond acceptors (Lipinski definition) is 8. The molecule has 1 atom stereocenters. The van der Waals surface area contributed by atoms with Gasteiger partial charge in [0.2, 0.25) is 5.78 Å².